The highest BCUT2D eigenvalue weighted by molar-refractivity contribution is 9.10. The Kier molecular flexibility index (Phi) is 4.45. The first-order valence-electron chi connectivity index (χ1n) is 5.04. The summed E-state index contributed by atoms with van der Waals surface area (Å²) in [4.78, 5) is 1.10. The van der Waals surface area contributed by atoms with Crippen molar-refractivity contribution in [1.29, 1.82) is 0 Å². The van der Waals surface area contributed by atoms with E-state index in [0.29, 0.717) is 13.2 Å². The number of ether oxygens (including phenoxy) is 1. The highest BCUT2D eigenvalue weighted by Crippen LogP contribution is 2.28. The van der Waals surface area contributed by atoms with E-state index in [-0.39, 0.29) is 0 Å². The fourth-order valence-corrected chi connectivity index (χ4v) is 2.91. The van der Waals surface area contributed by atoms with Gasteiger partial charge in [-0.1, -0.05) is 17.7 Å². The van der Waals surface area contributed by atoms with E-state index in [0.717, 1.165) is 25.0 Å². The van der Waals surface area contributed by atoms with E-state index in [9.17, 15) is 0 Å². The predicted octanol–water partition coefficient (Wildman–Crippen LogP) is 4.20. The van der Waals surface area contributed by atoms with E-state index in [4.69, 9.17) is 22.1 Å². The first-order chi connectivity index (χ1) is 8.19. The third-order valence-corrected chi connectivity index (χ3v) is 4.06. The van der Waals surface area contributed by atoms with E-state index < -0.39 is 0 Å². The van der Waals surface area contributed by atoms with Crippen LogP contribution in [0.1, 0.15) is 10.4 Å². The third kappa shape index (κ3) is 3.45. The highest BCUT2D eigenvalue weighted by atomic mass is 79.9. The average Bonchev–Trinajstić information content (AvgIpc) is 2.73. The zero-order valence-corrected chi connectivity index (χ0v) is 12.1. The number of rotatable bonds is 4. The van der Waals surface area contributed by atoms with Crippen molar-refractivity contribution in [3.8, 4) is 5.75 Å². The summed E-state index contributed by atoms with van der Waals surface area (Å²) in [6.07, 6.45) is 0. The number of benzene rings is 1. The van der Waals surface area contributed by atoms with Crippen LogP contribution in [0, 0.1) is 0 Å². The Balaban J connectivity index is 2.04. The Hall–Kier alpha value is -0.550. The molecule has 0 radical (unpaired) electrons. The monoisotopic (exact) mass is 331 g/mol. The maximum absolute atomic E-state index is 5.85. The number of halogens is 2. The minimum Gasteiger partial charge on any atom is -0.487 e. The van der Waals surface area contributed by atoms with Crippen LogP contribution in [-0.2, 0) is 13.2 Å². The maximum Gasteiger partial charge on any atom is 0.134 e. The lowest BCUT2D eigenvalue weighted by Crippen LogP contribution is -1.98. The van der Waals surface area contributed by atoms with Crippen LogP contribution >= 0.6 is 38.9 Å². The summed E-state index contributed by atoms with van der Waals surface area (Å²) >= 11 is 10.8. The van der Waals surface area contributed by atoms with Crippen molar-refractivity contribution in [1.82, 2.24) is 0 Å². The van der Waals surface area contributed by atoms with Crippen LogP contribution in [-0.4, -0.2) is 0 Å². The molecule has 0 aliphatic rings. The molecule has 0 amide bonds. The molecule has 2 N–H and O–H groups in total. The molecule has 2 nitrogen and oxygen atoms in total. The second-order valence-electron chi connectivity index (χ2n) is 3.46. The van der Waals surface area contributed by atoms with E-state index in [1.165, 1.54) is 11.3 Å². The summed E-state index contributed by atoms with van der Waals surface area (Å²) in [6.45, 7) is 1.05. The highest BCUT2D eigenvalue weighted by Gasteiger charge is 2.04. The SMILES string of the molecule is NCc1ccc(OCc2ccc(Cl)s2)c(Br)c1. The van der Waals surface area contributed by atoms with Gasteiger partial charge in [-0.25, -0.2) is 0 Å². The van der Waals surface area contributed by atoms with E-state index >= 15 is 0 Å². The summed E-state index contributed by atoms with van der Waals surface area (Å²) in [6, 6.07) is 9.69. The van der Waals surface area contributed by atoms with Crippen molar-refractivity contribution in [2.45, 2.75) is 13.2 Å². The normalized spacial score (nSPS) is 10.5. The minimum absolute atomic E-state index is 0.526. The Morgan fingerprint density at radius 2 is 2.12 bits per heavy atom. The molecule has 1 heterocycles. The molecule has 5 heteroatoms. The van der Waals surface area contributed by atoms with Crippen LogP contribution in [0.3, 0.4) is 0 Å². The quantitative estimate of drug-likeness (QED) is 0.910. The van der Waals surface area contributed by atoms with Crippen LogP contribution in [0.25, 0.3) is 0 Å². The molecule has 0 fully saturated rings. The van der Waals surface area contributed by atoms with Crippen LogP contribution in [0.2, 0.25) is 4.34 Å². The molecule has 2 rings (SSSR count). The second kappa shape index (κ2) is 5.87. The molecule has 2 aromatic rings. The molecule has 0 spiro atoms. The van der Waals surface area contributed by atoms with E-state index in [1.54, 1.807) is 0 Å². The van der Waals surface area contributed by atoms with Gasteiger partial charge in [0.05, 0.1) is 8.81 Å². The molecule has 0 saturated heterocycles. The van der Waals surface area contributed by atoms with Crippen molar-refractivity contribution in [3.63, 3.8) is 0 Å². The summed E-state index contributed by atoms with van der Waals surface area (Å²) < 4.78 is 7.40. The number of thiophene rings is 1. The van der Waals surface area contributed by atoms with Crippen molar-refractivity contribution >= 4 is 38.9 Å². The van der Waals surface area contributed by atoms with Crippen molar-refractivity contribution in [2.75, 3.05) is 0 Å². The standard InChI is InChI=1S/C12H11BrClNOS/c13-10-5-8(6-15)1-3-11(10)16-7-9-2-4-12(14)17-9/h1-5H,6-7,15H2. The van der Waals surface area contributed by atoms with Crippen LogP contribution in [0.5, 0.6) is 5.75 Å². The van der Waals surface area contributed by atoms with Gasteiger partial charge in [0.25, 0.3) is 0 Å². The van der Waals surface area contributed by atoms with Crippen molar-refractivity contribution < 1.29 is 4.74 Å². The van der Waals surface area contributed by atoms with Gasteiger partial charge in [-0.05, 0) is 45.8 Å². The second-order valence-corrected chi connectivity index (χ2v) is 6.12. The fourth-order valence-electron chi connectivity index (χ4n) is 1.37. The maximum atomic E-state index is 5.85. The Bertz CT molecular complexity index is 515. The van der Waals surface area contributed by atoms with Gasteiger partial charge in [0.1, 0.15) is 12.4 Å². The largest absolute Gasteiger partial charge is 0.487 e. The van der Waals surface area contributed by atoms with Gasteiger partial charge < -0.3 is 10.5 Å². The fraction of sp³-hybridized carbons (Fsp3) is 0.167. The molecule has 0 aliphatic heterocycles. The van der Waals surface area contributed by atoms with Crippen LogP contribution < -0.4 is 10.5 Å². The zero-order chi connectivity index (χ0) is 12.3. The molecule has 1 aromatic heterocycles. The average molecular weight is 333 g/mol. The van der Waals surface area contributed by atoms with Gasteiger partial charge in [0.15, 0.2) is 0 Å². The number of nitrogens with two attached hydrogens (primary N) is 1. The first kappa shape index (κ1) is 12.9. The lowest BCUT2D eigenvalue weighted by molar-refractivity contribution is 0.308. The Labute approximate surface area is 117 Å². The minimum atomic E-state index is 0.526. The molecule has 17 heavy (non-hydrogen) atoms. The molecule has 1 aromatic carbocycles. The first-order valence-corrected chi connectivity index (χ1v) is 7.03. The topological polar surface area (TPSA) is 35.2 Å². The molecule has 0 aliphatic carbocycles. The predicted molar refractivity (Wildman–Crippen MR) is 75.7 cm³/mol. The van der Waals surface area contributed by atoms with E-state index in [2.05, 4.69) is 15.9 Å². The smallest absolute Gasteiger partial charge is 0.134 e. The van der Waals surface area contributed by atoms with Gasteiger partial charge in [-0.3, -0.25) is 0 Å². The van der Waals surface area contributed by atoms with Gasteiger partial charge in [-0.2, -0.15) is 0 Å². The summed E-state index contributed by atoms with van der Waals surface area (Å²) in [5.41, 5.74) is 6.63. The van der Waals surface area contributed by atoms with Crippen LogP contribution in [0.15, 0.2) is 34.8 Å². The third-order valence-electron chi connectivity index (χ3n) is 2.23. The van der Waals surface area contributed by atoms with Gasteiger partial charge in [-0.15, -0.1) is 11.3 Å². The molecule has 90 valence electrons. The van der Waals surface area contributed by atoms with Gasteiger partial charge in [0, 0.05) is 11.4 Å². The molecular formula is C12H11BrClNOS. The lowest BCUT2D eigenvalue weighted by Gasteiger charge is -2.08. The molecule has 0 bridgehead atoms. The summed E-state index contributed by atoms with van der Waals surface area (Å²) in [7, 11) is 0. The van der Waals surface area contributed by atoms with Gasteiger partial charge in [0.2, 0.25) is 0 Å². The van der Waals surface area contributed by atoms with Crippen molar-refractivity contribution in [3.05, 3.63) is 49.6 Å². The molecular weight excluding hydrogens is 322 g/mol. The summed E-state index contributed by atoms with van der Waals surface area (Å²) in [5, 5.41) is 0. The number of hydrogen-bond acceptors (Lipinski definition) is 3. The molecule has 0 saturated carbocycles. The Morgan fingerprint density at radius 1 is 1.29 bits per heavy atom. The lowest BCUT2D eigenvalue weighted by atomic mass is 10.2. The van der Waals surface area contributed by atoms with E-state index in [1.807, 2.05) is 30.3 Å². The summed E-state index contributed by atoms with van der Waals surface area (Å²) in [5.74, 6) is 0.812. The molecule has 0 unspecified atom stereocenters. The zero-order valence-electron chi connectivity index (χ0n) is 8.95. The number of hydrogen-bond donors (Lipinski definition) is 1. The molecule has 0 atom stereocenters. The van der Waals surface area contributed by atoms with Gasteiger partial charge >= 0.3 is 0 Å². The Morgan fingerprint density at radius 3 is 2.71 bits per heavy atom. The van der Waals surface area contributed by atoms with Crippen molar-refractivity contribution in [2.24, 2.45) is 5.73 Å². The van der Waals surface area contributed by atoms with Crippen LogP contribution in [0.4, 0.5) is 0 Å².